The minimum absolute atomic E-state index is 0.247. The quantitative estimate of drug-likeness (QED) is 0.777. The van der Waals surface area contributed by atoms with Crippen molar-refractivity contribution >= 4 is 12.1 Å². The lowest BCUT2D eigenvalue weighted by molar-refractivity contribution is -0.149. The number of likely N-dealkylation sites (tertiary alicyclic amines) is 1. The third-order valence-electron chi connectivity index (χ3n) is 3.47. The molecule has 1 aliphatic heterocycles. The van der Waals surface area contributed by atoms with Crippen LogP contribution in [0.5, 0.6) is 6.01 Å². The van der Waals surface area contributed by atoms with Crippen LogP contribution in [0.15, 0.2) is 18.5 Å². The van der Waals surface area contributed by atoms with Gasteiger partial charge in [0.15, 0.2) is 0 Å². The fourth-order valence-electron chi connectivity index (χ4n) is 2.43. The summed E-state index contributed by atoms with van der Waals surface area (Å²) in [5.41, 5.74) is -0.636. The number of hydrogen-bond acceptors (Lipinski definition) is 7. The van der Waals surface area contributed by atoms with Crippen LogP contribution in [-0.4, -0.2) is 58.3 Å². The molecule has 2 rings (SSSR count). The Morgan fingerprint density at radius 2 is 1.92 bits per heavy atom. The summed E-state index contributed by atoms with van der Waals surface area (Å²) < 4.78 is 15.9. The summed E-state index contributed by atoms with van der Waals surface area (Å²) >= 11 is 0. The van der Waals surface area contributed by atoms with Gasteiger partial charge in [-0.05, 0) is 26.8 Å². The molecule has 0 aromatic carbocycles. The molecule has 0 saturated carbocycles. The first-order valence-corrected chi connectivity index (χ1v) is 7.81. The van der Waals surface area contributed by atoms with Gasteiger partial charge in [-0.1, -0.05) is 0 Å². The normalized spacial score (nSPS) is 21.1. The van der Waals surface area contributed by atoms with E-state index < -0.39 is 23.7 Å². The van der Waals surface area contributed by atoms with Crippen LogP contribution in [-0.2, 0) is 14.3 Å². The average Bonchev–Trinajstić information content (AvgIpc) is 2.53. The lowest BCUT2D eigenvalue weighted by Gasteiger charge is -2.37. The van der Waals surface area contributed by atoms with Crippen LogP contribution in [0, 0.1) is 0 Å². The van der Waals surface area contributed by atoms with Crippen LogP contribution in [0.25, 0.3) is 0 Å². The Bertz CT molecular complexity index is 573. The summed E-state index contributed by atoms with van der Waals surface area (Å²) in [4.78, 5) is 33.8. The number of piperidine rings is 1. The molecule has 2 atom stereocenters. The zero-order chi connectivity index (χ0) is 17.7. The highest BCUT2D eigenvalue weighted by atomic mass is 16.6. The summed E-state index contributed by atoms with van der Waals surface area (Å²) in [5.74, 6) is -0.497. The smallest absolute Gasteiger partial charge is 0.411 e. The number of nitrogens with zero attached hydrogens (tertiary/aromatic N) is 3. The van der Waals surface area contributed by atoms with Crippen molar-refractivity contribution in [1.29, 1.82) is 0 Å². The van der Waals surface area contributed by atoms with Gasteiger partial charge in [0.05, 0.1) is 7.11 Å². The number of rotatable bonds is 3. The number of methoxy groups -OCH3 is 1. The van der Waals surface area contributed by atoms with Crippen molar-refractivity contribution < 1.29 is 23.8 Å². The van der Waals surface area contributed by atoms with Gasteiger partial charge in [-0.3, -0.25) is 4.90 Å². The van der Waals surface area contributed by atoms with E-state index in [0.29, 0.717) is 19.4 Å². The van der Waals surface area contributed by atoms with Gasteiger partial charge in [0.1, 0.15) is 17.7 Å². The maximum Gasteiger partial charge on any atom is 0.411 e. The SMILES string of the molecule is COC(=O)C1CC(Oc2ncccn2)CCN1C(=O)OC(C)(C)C. The van der Waals surface area contributed by atoms with Crippen molar-refractivity contribution in [3.05, 3.63) is 18.5 Å². The van der Waals surface area contributed by atoms with Gasteiger partial charge < -0.3 is 14.2 Å². The van der Waals surface area contributed by atoms with E-state index in [0.717, 1.165) is 0 Å². The molecule has 0 radical (unpaired) electrons. The number of carbonyl (C=O) groups excluding carboxylic acids is 2. The molecule has 24 heavy (non-hydrogen) atoms. The van der Waals surface area contributed by atoms with E-state index >= 15 is 0 Å². The predicted octanol–water partition coefficient (Wildman–Crippen LogP) is 1.80. The summed E-state index contributed by atoms with van der Waals surface area (Å²) in [6, 6.07) is 1.18. The van der Waals surface area contributed by atoms with Crippen LogP contribution in [0.2, 0.25) is 0 Å². The number of esters is 1. The van der Waals surface area contributed by atoms with Crippen LogP contribution in [0.3, 0.4) is 0 Å². The minimum atomic E-state index is -0.757. The van der Waals surface area contributed by atoms with Crippen LogP contribution in [0.4, 0.5) is 4.79 Å². The summed E-state index contributed by atoms with van der Waals surface area (Å²) in [7, 11) is 1.29. The van der Waals surface area contributed by atoms with Crippen molar-refractivity contribution in [2.24, 2.45) is 0 Å². The Labute approximate surface area is 141 Å². The predicted molar refractivity (Wildman–Crippen MR) is 84.4 cm³/mol. The van der Waals surface area contributed by atoms with E-state index in [1.165, 1.54) is 12.0 Å². The van der Waals surface area contributed by atoms with Gasteiger partial charge in [0, 0.05) is 31.8 Å². The molecule has 1 fully saturated rings. The standard InChI is InChI=1S/C16H23N3O5/c1-16(2,3)24-15(21)19-9-6-11(10-12(19)13(20)22-4)23-14-17-7-5-8-18-14/h5,7-8,11-12H,6,9-10H2,1-4H3. The molecule has 2 heterocycles. The summed E-state index contributed by atoms with van der Waals surface area (Å²) in [6.45, 7) is 5.66. The van der Waals surface area contributed by atoms with Gasteiger partial charge >= 0.3 is 18.1 Å². The molecule has 0 aliphatic carbocycles. The van der Waals surface area contributed by atoms with Gasteiger partial charge in [-0.25, -0.2) is 19.6 Å². The lowest BCUT2D eigenvalue weighted by atomic mass is 10.00. The van der Waals surface area contributed by atoms with Gasteiger partial charge in [0.2, 0.25) is 0 Å². The second kappa shape index (κ2) is 7.46. The van der Waals surface area contributed by atoms with E-state index in [9.17, 15) is 9.59 Å². The van der Waals surface area contributed by atoms with Crippen molar-refractivity contribution in [3.63, 3.8) is 0 Å². The van der Waals surface area contributed by atoms with Gasteiger partial charge in [-0.2, -0.15) is 0 Å². The first kappa shape index (κ1) is 18.0. The molecule has 132 valence electrons. The first-order valence-electron chi connectivity index (χ1n) is 7.81. The first-order chi connectivity index (χ1) is 11.3. The average molecular weight is 337 g/mol. The van der Waals surface area contributed by atoms with Crippen molar-refractivity contribution in [1.82, 2.24) is 14.9 Å². The number of amides is 1. The molecular weight excluding hydrogens is 314 g/mol. The zero-order valence-corrected chi connectivity index (χ0v) is 14.4. The zero-order valence-electron chi connectivity index (χ0n) is 14.4. The molecule has 1 aromatic heterocycles. The molecule has 0 N–H and O–H groups in total. The number of hydrogen-bond donors (Lipinski definition) is 0. The van der Waals surface area contributed by atoms with Crippen LogP contribution < -0.4 is 4.74 Å². The highest BCUT2D eigenvalue weighted by Gasteiger charge is 2.40. The number of aromatic nitrogens is 2. The molecule has 1 aliphatic rings. The monoisotopic (exact) mass is 337 g/mol. The summed E-state index contributed by atoms with van der Waals surface area (Å²) in [5, 5.41) is 0. The highest BCUT2D eigenvalue weighted by molar-refractivity contribution is 5.81. The largest absolute Gasteiger partial charge is 0.467 e. The number of ether oxygens (including phenoxy) is 3. The van der Waals surface area contributed by atoms with Gasteiger partial charge in [0.25, 0.3) is 0 Å². The van der Waals surface area contributed by atoms with E-state index in [-0.39, 0.29) is 12.1 Å². The van der Waals surface area contributed by atoms with Crippen molar-refractivity contribution in [2.75, 3.05) is 13.7 Å². The molecule has 8 heteroatoms. The van der Waals surface area contributed by atoms with Gasteiger partial charge in [-0.15, -0.1) is 0 Å². The van der Waals surface area contributed by atoms with E-state index in [2.05, 4.69) is 9.97 Å². The molecule has 1 saturated heterocycles. The lowest BCUT2D eigenvalue weighted by Crippen LogP contribution is -2.54. The maximum atomic E-state index is 12.3. The molecule has 1 aromatic rings. The van der Waals surface area contributed by atoms with E-state index in [4.69, 9.17) is 14.2 Å². The van der Waals surface area contributed by atoms with E-state index in [1.54, 1.807) is 39.2 Å². The molecule has 0 bridgehead atoms. The minimum Gasteiger partial charge on any atom is -0.467 e. The fraction of sp³-hybridized carbons (Fsp3) is 0.625. The Hall–Kier alpha value is -2.38. The second-order valence-corrected chi connectivity index (χ2v) is 6.51. The molecular formula is C16H23N3O5. The highest BCUT2D eigenvalue weighted by Crippen LogP contribution is 2.24. The van der Waals surface area contributed by atoms with Crippen molar-refractivity contribution in [3.8, 4) is 6.01 Å². The topological polar surface area (TPSA) is 90.9 Å². The molecule has 0 spiro atoms. The van der Waals surface area contributed by atoms with Crippen molar-refractivity contribution in [2.45, 2.75) is 51.4 Å². The maximum absolute atomic E-state index is 12.3. The molecule has 2 unspecified atom stereocenters. The fourth-order valence-corrected chi connectivity index (χ4v) is 2.43. The van der Waals surface area contributed by atoms with E-state index in [1.807, 2.05) is 0 Å². The summed E-state index contributed by atoms with van der Waals surface area (Å²) in [6.07, 6.45) is 3.18. The second-order valence-electron chi connectivity index (χ2n) is 6.51. The van der Waals surface area contributed by atoms with Crippen LogP contribution in [0.1, 0.15) is 33.6 Å². The third kappa shape index (κ3) is 4.81. The Morgan fingerprint density at radius 3 is 2.50 bits per heavy atom. The Balaban J connectivity index is 2.07. The number of carbonyl (C=O) groups is 2. The molecule has 8 nitrogen and oxygen atoms in total. The van der Waals surface area contributed by atoms with Crippen LogP contribution >= 0.6 is 0 Å². The third-order valence-corrected chi connectivity index (χ3v) is 3.47. The Morgan fingerprint density at radius 1 is 1.25 bits per heavy atom. The molecule has 1 amide bonds. The Kier molecular flexibility index (Phi) is 5.58.